The smallest absolute Gasteiger partial charge is 0.254 e. The first kappa shape index (κ1) is 16.6. The van der Waals surface area contributed by atoms with Gasteiger partial charge in [-0.15, -0.1) is 11.3 Å². The lowest BCUT2D eigenvalue weighted by atomic mass is 9.78. The van der Waals surface area contributed by atoms with Gasteiger partial charge in [-0.25, -0.2) is 0 Å². The molecule has 4 rings (SSSR count). The van der Waals surface area contributed by atoms with E-state index in [9.17, 15) is 4.79 Å². The van der Waals surface area contributed by atoms with E-state index in [4.69, 9.17) is 0 Å². The number of hydrogen-bond donors (Lipinski definition) is 0. The maximum absolute atomic E-state index is 13.1. The molecule has 2 atom stereocenters. The Kier molecular flexibility index (Phi) is 4.95. The molecule has 1 aromatic rings. The summed E-state index contributed by atoms with van der Waals surface area (Å²) in [4.78, 5) is 19.2. The Bertz CT molecular complexity index is 574. The molecule has 0 spiro atoms. The summed E-state index contributed by atoms with van der Waals surface area (Å²) in [5.74, 6) is 1.74. The van der Waals surface area contributed by atoms with E-state index in [1.54, 1.807) is 0 Å². The van der Waals surface area contributed by atoms with E-state index in [0.29, 0.717) is 17.9 Å². The van der Waals surface area contributed by atoms with Crippen LogP contribution in [0.1, 0.15) is 72.5 Å². The van der Waals surface area contributed by atoms with Crippen LogP contribution in [-0.4, -0.2) is 48.4 Å². The zero-order valence-corrected chi connectivity index (χ0v) is 15.7. The SMILES string of the molecule is CN1CCC(c2cc(C(=O)N3CCC[C@H]4CCCC[C@H]43)cs2)CC1. The number of rotatable bonds is 2. The molecule has 2 aliphatic heterocycles. The molecule has 1 amide bonds. The van der Waals surface area contributed by atoms with Crippen LogP contribution in [0.2, 0.25) is 0 Å². The second-order valence-corrected chi connectivity index (χ2v) is 9.01. The number of likely N-dealkylation sites (tertiary alicyclic amines) is 2. The average molecular weight is 347 g/mol. The third-order valence-corrected chi connectivity index (χ3v) is 7.59. The van der Waals surface area contributed by atoms with Crippen LogP contribution in [-0.2, 0) is 0 Å². The van der Waals surface area contributed by atoms with Crippen molar-refractivity contribution in [3.05, 3.63) is 21.9 Å². The summed E-state index contributed by atoms with van der Waals surface area (Å²) in [6.07, 6.45) is 10.2. The van der Waals surface area contributed by atoms with Gasteiger partial charge in [-0.2, -0.15) is 0 Å². The second-order valence-electron chi connectivity index (χ2n) is 8.07. The van der Waals surface area contributed by atoms with E-state index in [1.807, 2.05) is 11.3 Å². The maximum Gasteiger partial charge on any atom is 0.254 e. The normalized spacial score (nSPS) is 29.5. The molecule has 24 heavy (non-hydrogen) atoms. The van der Waals surface area contributed by atoms with Gasteiger partial charge in [0.15, 0.2) is 0 Å². The summed E-state index contributed by atoms with van der Waals surface area (Å²) in [6.45, 7) is 3.34. The van der Waals surface area contributed by atoms with Gasteiger partial charge in [0.2, 0.25) is 0 Å². The third kappa shape index (κ3) is 3.28. The van der Waals surface area contributed by atoms with Gasteiger partial charge in [0, 0.05) is 22.8 Å². The first-order valence-corrected chi connectivity index (χ1v) is 10.7. The van der Waals surface area contributed by atoms with E-state index in [1.165, 1.54) is 69.3 Å². The fourth-order valence-corrected chi connectivity index (χ4v) is 6.07. The Morgan fingerprint density at radius 2 is 1.79 bits per heavy atom. The minimum Gasteiger partial charge on any atom is -0.335 e. The highest BCUT2D eigenvalue weighted by atomic mass is 32.1. The minimum absolute atomic E-state index is 0.307. The van der Waals surface area contributed by atoms with Crippen LogP contribution in [0.3, 0.4) is 0 Å². The molecule has 0 bridgehead atoms. The summed E-state index contributed by atoms with van der Waals surface area (Å²) in [5.41, 5.74) is 0.958. The van der Waals surface area contributed by atoms with Gasteiger partial charge >= 0.3 is 0 Å². The second kappa shape index (κ2) is 7.17. The summed E-state index contributed by atoms with van der Waals surface area (Å²) in [6, 6.07) is 2.74. The van der Waals surface area contributed by atoms with Gasteiger partial charge in [-0.1, -0.05) is 12.8 Å². The number of piperidine rings is 2. The summed E-state index contributed by atoms with van der Waals surface area (Å²) in [7, 11) is 2.20. The van der Waals surface area contributed by atoms with Crippen molar-refractivity contribution in [1.29, 1.82) is 0 Å². The van der Waals surface area contributed by atoms with Crippen LogP contribution >= 0.6 is 11.3 Å². The van der Waals surface area contributed by atoms with E-state index in [-0.39, 0.29) is 0 Å². The molecule has 0 aromatic carbocycles. The molecule has 1 saturated carbocycles. The van der Waals surface area contributed by atoms with Crippen molar-refractivity contribution >= 4 is 17.2 Å². The molecular weight excluding hydrogens is 316 g/mol. The van der Waals surface area contributed by atoms with Crippen molar-refractivity contribution in [2.75, 3.05) is 26.7 Å². The predicted molar refractivity (Wildman–Crippen MR) is 99.8 cm³/mol. The number of hydrogen-bond acceptors (Lipinski definition) is 3. The van der Waals surface area contributed by atoms with E-state index < -0.39 is 0 Å². The van der Waals surface area contributed by atoms with Crippen molar-refractivity contribution in [2.24, 2.45) is 5.92 Å². The van der Waals surface area contributed by atoms with Gasteiger partial charge in [0.25, 0.3) is 5.91 Å². The number of thiophene rings is 1. The highest BCUT2D eigenvalue weighted by Gasteiger charge is 2.36. The van der Waals surface area contributed by atoms with Gasteiger partial charge in [0.1, 0.15) is 0 Å². The molecule has 4 heteroatoms. The Labute approximate surface area is 150 Å². The van der Waals surface area contributed by atoms with Crippen LogP contribution in [0.4, 0.5) is 0 Å². The lowest BCUT2D eigenvalue weighted by Gasteiger charge is -2.44. The molecule has 0 N–H and O–H groups in total. The Morgan fingerprint density at radius 3 is 2.62 bits per heavy atom. The molecule has 3 heterocycles. The topological polar surface area (TPSA) is 23.6 Å². The van der Waals surface area contributed by atoms with Crippen LogP contribution in [0, 0.1) is 5.92 Å². The zero-order chi connectivity index (χ0) is 16.5. The number of fused-ring (bicyclic) bond motifs is 1. The molecule has 3 aliphatic rings. The van der Waals surface area contributed by atoms with Gasteiger partial charge in [-0.05, 0) is 76.6 Å². The predicted octanol–water partition coefficient (Wildman–Crippen LogP) is 4.35. The van der Waals surface area contributed by atoms with Crippen molar-refractivity contribution in [2.45, 2.75) is 63.3 Å². The molecule has 3 fully saturated rings. The zero-order valence-electron chi connectivity index (χ0n) is 14.9. The van der Waals surface area contributed by atoms with E-state index >= 15 is 0 Å². The first-order valence-electron chi connectivity index (χ1n) is 9.80. The van der Waals surface area contributed by atoms with Crippen molar-refractivity contribution in [3.63, 3.8) is 0 Å². The van der Waals surface area contributed by atoms with Crippen molar-refractivity contribution in [3.8, 4) is 0 Å². The lowest BCUT2D eigenvalue weighted by molar-refractivity contribution is 0.0391. The van der Waals surface area contributed by atoms with Crippen molar-refractivity contribution < 1.29 is 4.79 Å². The van der Waals surface area contributed by atoms with Crippen LogP contribution in [0.25, 0.3) is 0 Å². The fourth-order valence-electron chi connectivity index (χ4n) is 5.01. The van der Waals surface area contributed by atoms with Crippen LogP contribution < -0.4 is 0 Å². The average Bonchev–Trinajstić information content (AvgIpc) is 3.11. The van der Waals surface area contributed by atoms with Crippen molar-refractivity contribution in [1.82, 2.24) is 9.80 Å². The Morgan fingerprint density at radius 1 is 1.04 bits per heavy atom. The number of nitrogens with zero attached hydrogens (tertiary/aromatic N) is 2. The van der Waals surface area contributed by atoms with Crippen LogP contribution in [0.15, 0.2) is 11.4 Å². The summed E-state index contributed by atoms with van der Waals surface area (Å²) < 4.78 is 0. The molecule has 2 saturated heterocycles. The highest BCUT2D eigenvalue weighted by molar-refractivity contribution is 7.10. The molecule has 1 aliphatic carbocycles. The molecule has 0 radical (unpaired) electrons. The number of carbonyl (C=O) groups is 1. The number of carbonyl (C=O) groups excluding carboxylic acids is 1. The standard InChI is InChI=1S/C20H30N2OS/c1-21-11-8-16(9-12-21)19-13-17(14-24-19)20(23)22-10-4-6-15-5-2-3-7-18(15)22/h13-16,18H,2-12H2,1H3/t15-,18-/m1/s1. The molecule has 0 unspecified atom stereocenters. The molecule has 1 aromatic heterocycles. The van der Waals surface area contributed by atoms with Gasteiger partial charge < -0.3 is 9.80 Å². The van der Waals surface area contributed by atoms with E-state index in [2.05, 4.69) is 28.3 Å². The first-order chi connectivity index (χ1) is 11.7. The Hall–Kier alpha value is -0.870. The fraction of sp³-hybridized carbons (Fsp3) is 0.750. The maximum atomic E-state index is 13.1. The molecule has 132 valence electrons. The van der Waals surface area contributed by atoms with Crippen LogP contribution in [0.5, 0.6) is 0 Å². The Balaban J connectivity index is 1.46. The monoisotopic (exact) mass is 346 g/mol. The summed E-state index contributed by atoms with van der Waals surface area (Å²) in [5, 5.41) is 2.13. The van der Waals surface area contributed by atoms with Gasteiger partial charge in [0.05, 0.1) is 5.56 Å². The summed E-state index contributed by atoms with van der Waals surface area (Å²) >= 11 is 1.81. The van der Waals surface area contributed by atoms with E-state index in [0.717, 1.165) is 18.0 Å². The largest absolute Gasteiger partial charge is 0.335 e. The van der Waals surface area contributed by atoms with Gasteiger partial charge in [-0.3, -0.25) is 4.79 Å². The molecular formula is C20H30N2OS. The highest BCUT2D eigenvalue weighted by Crippen LogP contribution is 2.37. The molecule has 3 nitrogen and oxygen atoms in total. The lowest BCUT2D eigenvalue weighted by Crippen LogP contribution is -2.49. The number of amides is 1. The quantitative estimate of drug-likeness (QED) is 0.795. The minimum atomic E-state index is 0.307. The third-order valence-electron chi connectivity index (χ3n) is 6.49.